The van der Waals surface area contributed by atoms with E-state index in [9.17, 15) is 13.2 Å². The van der Waals surface area contributed by atoms with Gasteiger partial charge in [0.15, 0.2) is 0 Å². The van der Waals surface area contributed by atoms with E-state index in [2.05, 4.69) is 10.2 Å². The first-order chi connectivity index (χ1) is 15.4. The molecule has 2 fully saturated rings. The Labute approximate surface area is 198 Å². The highest BCUT2D eigenvalue weighted by Gasteiger charge is 2.28. The summed E-state index contributed by atoms with van der Waals surface area (Å²) in [4.78, 5) is 15.2. The molecule has 0 spiro atoms. The molecule has 0 unspecified atom stereocenters. The highest BCUT2D eigenvalue weighted by Crippen LogP contribution is 2.32. The summed E-state index contributed by atoms with van der Waals surface area (Å²) in [5, 5.41) is 3.51. The van der Waals surface area contributed by atoms with Crippen LogP contribution in [0.3, 0.4) is 0 Å². The third kappa shape index (κ3) is 5.05. The molecule has 2 aromatic carbocycles. The Kier molecular flexibility index (Phi) is 7.27. The first kappa shape index (κ1) is 23.3. The quantitative estimate of drug-likeness (QED) is 0.667. The maximum atomic E-state index is 13.2. The van der Waals surface area contributed by atoms with Crippen LogP contribution in [-0.2, 0) is 14.8 Å². The summed E-state index contributed by atoms with van der Waals surface area (Å²) in [6.07, 6.45) is 2.74. The van der Waals surface area contributed by atoms with Gasteiger partial charge in [-0.15, -0.1) is 0 Å². The largest absolute Gasteiger partial charge is 0.378 e. The minimum absolute atomic E-state index is 0.167. The Hall–Kier alpha value is -1.84. The summed E-state index contributed by atoms with van der Waals surface area (Å²) < 4.78 is 33.4. The Morgan fingerprint density at radius 2 is 1.62 bits per heavy atom. The molecular weight excluding hydrogens is 473 g/mol. The SMILES string of the molecule is O=C(Nc1cc(S(=O)(=O)N2CCCCC2)ccc1N1CCOCC1)c1ccc(Cl)c(Cl)c1. The molecule has 0 aromatic heterocycles. The van der Waals surface area contributed by atoms with Gasteiger partial charge in [0.1, 0.15) is 0 Å². The molecule has 172 valence electrons. The lowest BCUT2D eigenvalue weighted by molar-refractivity contribution is 0.102. The van der Waals surface area contributed by atoms with Gasteiger partial charge in [-0.1, -0.05) is 29.6 Å². The van der Waals surface area contributed by atoms with Crippen LogP contribution in [0.15, 0.2) is 41.3 Å². The van der Waals surface area contributed by atoms with Gasteiger partial charge in [-0.05, 0) is 49.2 Å². The number of anilines is 2. The number of nitrogens with zero attached hydrogens (tertiary/aromatic N) is 2. The average molecular weight is 498 g/mol. The van der Waals surface area contributed by atoms with Gasteiger partial charge in [-0.2, -0.15) is 4.31 Å². The second kappa shape index (κ2) is 9.97. The molecule has 0 radical (unpaired) electrons. The van der Waals surface area contributed by atoms with Crippen molar-refractivity contribution in [3.05, 3.63) is 52.0 Å². The van der Waals surface area contributed by atoms with Crippen molar-refractivity contribution in [1.29, 1.82) is 0 Å². The zero-order valence-corrected chi connectivity index (χ0v) is 19.8. The Morgan fingerprint density at radius 3 is 2.31 bits per heavy atom. The second-order valence-electron chi connectivity index (χ2n) is 7.83. The number of sulfonamides is 1. The predicted molar refractivity (Wildman–Crippen MR) is 126 cm³/mol. The molecular formula is C22H25Cl2N3O4S. The van der Waals surface area contributed by atoms with Crippen molar-refractivity contribution in [2.24, 2.45) is 0 Å². The van der Waals surface area contributed by atoms with E-state index < -0.39 is 15.9 Å². The topological polar surface area (TPSA) is 79.0 Å². The molecule has 2 aliphatic rings. The van der Waals surface area contributed by atoms with Crippen molar-refractivity contribution in [3.63, 3.8) is 0 Å². The highest BCUT2D eigenvalue weighted by molar-refractivity contribution is 7.89. The summed E-state index contributed by atoms with van der Waals surface area (Å²) >= 11 is 12.0. The standard InChI is InChI=1S/C22H25Cl2N3O4S/c23-18-6-4-16(14-19(18)24)22(28)25-20-15-17(32(29,30)27-8-2-1-3-9-27)5-7-21(20)26-10-12-31-13-11-26/h4-7,14-15H,1-3,8-13H2,(H,25,28). The number of carbonyl (C=O) groups excluding carboxylic acids is 1. The first-order valence-electron chi connectivity index (χ1n) is 10.6. The molecule has 7 nitrogen and oxygen atoms in total. The number of hydrogen-bond acceptors (Lipinski definition) is 5. The van der Waals surface area contributed by atoms with Gasteiger partial charge in [0, 0.05) is 31.7 Å². The van der Waals surface area contributed by atoms with Gasteiger partial charge in [0.25, 0.3) is 5.91 Å². The van der Waals surface area contributed by atoms with Gasteiger partial charge in [-0.3, -0.25) is 4.79 Å². The van der Waals surface area contributed by atoms with E-state index in [0.29, 0.717) is 55.7 Å². The summed E-state index contributed by atoms with van der Waals surface area (Å²) in [6, 6.07) is 9.54. The lowest BCUT2D eigenvalue weighted by atomic mass is 10.2. The van der Waals surface area contributed by atoms with E-state index >= 15 is 0 Å². The number of hydrogen-bond donors (Lipinski definition) is 1. The van der Waals surface area contributed by atoms with Crippen molar-refractivity contribution in [1.82, 2.24) is 4.31 Å². The van der Waals surface area contributed by atoms with Gasteiger partial charge in [-0.25, -0.2) is 8.42 Å². The highest BCUT2D eigenvalue weighted by atomic mass is 35.5. The summed E-state index contributed by atoms with van der Waals surface area (Å²) in [6.45, 7) is 3.45. The maximum Gasteiger partial charge on any atom is 0.255 e. The van der Waals surface area contributed by atoms with E-state index in [1.807, 2.05) is 0 Å². The number of halogens is 2. The summed E-state index contributed by atoms with van der Waals surface area (Å²) in [7, 11) is -3.64. The fourth-order valence-corrected chi connectivity index (χ4v) is 5.78. The van der Waals surface area contributed by atoms with Gasteiger partial charge >= 0.3 is 0 Å². The zero-order valence-electron chi connectivity index (χ0n) is 17.5. The fourth-order valence-electron chi connectivity index (χ4n) is 3.94. The molecule has 32 heavy (non-hydrogen) atoms. The summed E-state index contributed by atoms with van der Waals surface area (Å²) in [5.41, 5.74) is 1.51. The minimum atomic E-state index is -3.64. The molecule has 10 heteroatoms. The normalized spacial score (nSPS) is 17.9. The third-order valence-corrected chi connectivity index (χ3v) is 8.34. The van der Waals surface area contributed by atoms with E-state index in [0.717, 1.165) is 24.9 Å². The van der Waals surface area contributed by atoms with Crippen LogP contribution in [0.25, 0.3) is 0 Å². The van der Waals surface area contributed by atoms with Crippen LogP contribution in [0.2, 0.25) is 10.0 Å². The molecule has 0 bridgehead atoms. The van der Waals surface area contributed by atoms with E-state index in [1.165, 1.54) is 10.4 Å². The number of morpholine rings is 1. The zero-order chi connectivity index (χ0) is 22.7. The van der Waals surface area contributed by atoms with Crippen LogP contribution in [0.4, 0.5) is 11.4 Å². The number of benzene rings is 2. The monoisotopic (exact) mass is 497 g/mol. The minimum Gasteiger partial charge on any atom is -0.378 e. The van der Waals surface area contributed by atoms with Gasteiger partial charge in [0.05, 0.1) is 39.5 Å². The van der Waals surface area contributed by atoms with Crippen molar-refractivity contribution in [2.45, 2.75) is 24.2 Å². The van der Waals surface area contributed by atoms with Crippen LogP contribution in [0.1, 0.15) is 29.6 Å². The molecule has 0 saturated carbocycles. The van der Waals surface area contributed by atoms with Crippen molar-refractivity contribution >= 4 is 50.5 Å². The molecule has 0 aliphatic carbocycles. The lowest BCUT2D eigenvalue weighted by Crippen LogP contribution is -2.37. The molecule has 1 amide bonds. The fraction of sp³-hybridized carbons (Fsp3) is 0.409. The molecule has 2 heterocycles. The van der Waals surface area contributed by atoms with E-state index in [1.54, 1.807) is 30.3 Å². The number of carbonyl (C=O) groups is 1. The van der Waals surface area contributed by atoms with E-state index in [4.69, 9.17) is 27.9 Å². The number of rotatable bonds is 5. The predicted octanol–water partition coefficient (Wildman–Crippen LogP) is 4.26. The Balaban J connectivity index is 1.68. The van der Waals surface area contributed by atoms with Crippen LogP contribution >= 0.6 is 23.2 Å². The Morgan fingerprint density at radius 1 is 0.906 bits per heavy atom. The first-order valence-corrected chi connectivity index (χ1v) is 12.8. The van der Waals surface area contributed by atoms with Crippen molar-refractivity contribution in [2.75, 3.05) is 49.6 Å². The van der Waals surface area contributed by atoms with Crippen LogP contribution in [-0.4, -0.2) is 58.0 Å². The van der Waals surface area contributed by atoms with Crippen molar-refractivity contribution in [3.8, 4) is 0 Å². The summed E-state index contributed by atoms with van der Waals surface area (Å²) in [5.74, 6) is -0.398. The second-order valence-corrected chi connectivity index (χ2v) is 10.6. The van der Waals surface area contributed by atoms with E-state index in [-0.39, 0.29) is 9.92 Å². The number of piperidine rings is 1. The molecule has 2 aliphatic heterocycles. The third-order valence-electron chi connectivity index (χ3n) is 5.70. The molecule has 1 N–H and O–H groups in total. The molecule has 0 atom stereocenters. The smallest absolute Gasteiger partial charge is 0.255 e. The number of ether oxygens (including phenoxy) is 1. The number of amides is 1. The van der Waals surface area contributed by atoms with Gasteiger partial charge < -0.3 is 15.0 Å². The van der Waals surface area contributed by atoms with Gasteiger partial charge in [0.2, 0.25) is 10.0 Å². The van der Waals surface area contributed by atoms with Crippen LogP contribution < -0.4 is 10.2 Å². The molecule has 4 rings (SSSR count). The Bertz CT molecular complexity index is 1100. The van der Waals surface area contributed by atoms with Crippen LogP contribution in [0.5, 0.6) is 0 Å². The number of nitrogens with one attached hydrogen (secondary N) is 1. The molecule has 2 aromatic rings. The average Bonchev–Trinajstić information content (AvgIpc) is 2.82. The van der Waals surface area contributed by atoms with Crippen LogP contribution in [0, 0.1) is 0 Å². The van der Waals surface area contributed by atoms with Crippen molar-refractivity contribution < 1.29 is 17.9 Å². The lowest BCUT2D eigenvalue weighted by Gasteiger charge is -2.31. The maximum absolute atomic E-state index is 13.2. The molecule has 2 saturated heterocycles.